The Balaban J connectivity index is 2.70. The van der Waals surface area contributed by atoms with Gasteiger partial charge in [0.15, 0.2) is 0 Å². The van der Waals surface area contributed by atoms with Crippen LogP contribution < -0.4 is 5.32 Å². The Labute approximate surface area is 130 Å². The lowest BCUT2D eigenvalue weighted by Crippen LogP contribution is -2.39. The average molecular weight is 309 g/mol. The number of carbonyl (C=O) groups is 2. The summed E-state index contributed by atoms with van der Waals surface area (Å²) >= 11 is 6.04. The van der Waals surface area contributed by atoms with Gasteiger partial charge in [0.25, 0.3) is 0 Å². The third-order valence-corrected chi connectivity index (χ3v) is 3.42. The van der Waals surface area contributed by atoms with Crippen LogP contribution in [-0.4, -0.2) is 36.3 Å². The number of halogens is 1. The van der Waals surface area contributed by atoms with E-state index >= 15 is 0 Å². The van der Waals surface area contributed by atoms with E-state index in [4.69, 9.17) is 11.6 Å². The first-order chi connectivity index (χ1) is 9.97. The van der Waals surface area contributed by atoms with Crippen molar-refractivity contribution < 1.29 is 9.59 Å². The Morgan fingerprint density at radius 3 is 2.62 bits per heavy atom. The van der Waals surface area contributed by atoms with Crippen LogP contribution in [0.25, 0.3) is 6.08 Å². The first-order valence-electron chi connectivity index (χ1n) is 6.97. The van der Waals surface area contributed by atoms with Crippen LogP contribution in [0, 0.1) is 6.92 Å². The number of hydrogen-bond acceptors (Lipinski definition) is 2. The minimum Gasteiger partial charge on any atom is -0.355 e. The fourth-order valence-corrected chi connectivity index (χ4v) is 1.95. The van der Waals surface area contributed by atoms with Gasteiger partial charge in [-0.2, -0.15) is 0 Å². The molecule has 1 aromatic carbocycles. The smallest absolute Gasteiger partial charge is 0.247 e. The summed E-state index contributed by atoms with van der Waals surface area (Å²) in [5, 5.41) is 3.34. The molecule has 0 heterocycles. The van der Waals surface area contributed by atoms with Crippen molar-refractivity contribution in [1.82, 2.24) is 10.2 Å². The van der Waals surface area contributed by atoms with Crippen molar-refractivity contribution >= 4 is 29.5 Å². The predicted molar refractivity (Wildman–Crippen MR) is 86.2 cm³/mol. The van der Waals surface area contributed by atoms with E-state index in [-0.39, 0.29) is 18.4 Å². The molecule has 1 N–H and O–H groups in total. The Bertz CT molecular complexity index is 541. The van der Waals surface area contributed by atoms with Gasteiger partial charge in [-0.1, -0.05) is 23.7 Å². The Morgan fingerprint density at radius 1 is 1.33 bits per heavy atom. The highest BCUT2D eigenvalue weighted by Crippen LogP contribution is 2.17. The molecule has 0 bridgehead atoms. The lowest BCUT2D eigenvalue weighted by atomic mass is 10.1. The summed E-state index contributed by atoms with van der Waals surface area (Å²) in [5.74, 6) is -0.347. The van der Waals surface area contributed by atoms with Crippen molar-refractivity contribution in [2.75, 3.05) is 19.6 Å². The summed E-state index contributed by atoms with van der Waals surface area (Å²) in [7, 11) is 0. The molecule has 0 aliphatic rings. The second kappa shape index (κ2) is 8.47. The zero-order chi connectivity index (χ0) is 15.8. The molecule has 0 saturated carbocycles. The van der Waals surface area contributed by atoms with Crippen molar-refractivity contribution in [3.05, 3.63) is 40.4 Å². The van der Waals surface area contributed by atoms with Crippen LogP contribution in [0.3, 0.4) is 0 Å². The number of nitrogens with one attached hydrogen (secondary N) is 1. The van der Waals surface area contributed by atoms with Gasteiger partial charge in [-0.25, -0.2) is 0 Å². The number of nitrogens with zero attached hydrogens (tertiary/aromatic N) is 1. The average Bonchev–Trinajstić information content (AvgIpc) is 2.46. The maximum Gasteiger partial charge on any atom is 0.247 e. The van der Waals surface area contributed by atoms with Crippen LogP contribution in [-0.2, 0) is 9.59 Å². The van der Waals surface area contributed by atoms with Crippen molar-refractivity contribution in [3.63, 3.8) is 0 Å². The van der Waals surface area contributed by atoms with E-state index in [2.05, 4.69) is 5.32 Å². The summed E-state index contributed by atoms with van der Waals surface area (Å²) < 4.78 is 0. The summed E-state index contributed by atoms with van der Waals surface area (Å²) in [6.07, 6.45) is 3.16. The molecule has 21 heavy (non-hydrogen) atoms. The molecule has 0 aliphatic carbocycles. The largest absolute Gasteiger partial charge is 0.355 e. The summed E-state index contributed by atoms with van der Waals surface area (Å²) in [4.78, 5) is 25.1. The fourth-order valence-electron chi connectivity index (χ4n) is 1.76. The van der Waals surface area contributed by atoms with E-state index < -0.39 is 0 Å². The van der Waals surface area contributed by atoms with E-state index in [9.17, 15) is 9.59 Å². The Morgan fingerprint density at radius 2 is 2.05 bits per heavy atom. The zero-order valence-electron chi connectivity index (χ0n) is 12.6. The van der Waals surface area contributed by atoms with Crippen molar-refractivity contribution in [2.45, 2.75) is 20.8 Å². The number of carbonyl (C=O) groups excluding carboxylic acids is 2. The lowest BCUT2D eigenvalue weighted by Gasteiger charge is -2.18. The van der Waals surface area contributed by atoms with E-state index in [0.29, 0.717) is 18.1 Å². The molecular weight excluding hydrogens is 288 g/mol. The molecular formula is C16H21ClN2O2. The first-order valence-corrected chi connectivity index (χ1v) is 7.35. The number of rotatable bonds is 6. The van der Waals surface area contributed by atoms with E-state index in [0.717, 1.165) is 11.1 Å². The minimum absolute atomic E-state index is 0.0716. The number of hydrogen-bond donors (Lipinski definition) is 1. The summed E-state index contributed by atoms with van der Waals surface area (Å²) in [6, 6.07) is 5.60. The quantitative estimate of drug-likeness (QED) is 0.821. The van der Waals surface area contributed by atoms with Crippen LogP contribution in [0.1, 0.15) is 25.0 Å². The number of aryl methyl sites for hydroxylation is 1. The van der Waals surface area contributed by atoms with Gasteiger partial charge in [-0.05, 0) is 44.0 Å². The molecule has 4 nitrogen and oxygen atoms in total. The molecule has 0 aliphatic heterocycles. The lowest BCUT2D eigenvalue weighted by molar-refractivity contribution is -0.132. The fraction of sp³-hybridized carbons (Fsp3) is 0.375. The number of likely N-dealkylation sites (N-methyl/N-ethyl adjacent to an activating group) is 2. The van der Waals surface area contributed by atoms with Gasteiger partial charge in [0, 0.05) is 24.2 Å². The van der Waals surface area contributed by atoms with E-state index in [1.165, 1.54) is 11.0 Å². The third kappa shape index (κ3) is 5.60. The van der Waals surface area contributed by atoms with Gasteiger partial charge in [0.2, 0.25) is 11.8 Å². The SMILES string of the molecule is CCNC(=O)CN(CC)C(=O)/C=C/c1ccc(C)c(Cl)c1. The molecule has 1 aromatic rings. The topological polar surface area (TPSA) is 49.4 Å². The van der Waals surface area contributed by atoms with Gasteiger partial charge >= 0.3 is 0 Å². The van der Waals surface area contributed by atoms with Crippen molar-refractivity contribution in [2.24, 2.45) is 0 Å². The maximum atomic E-state index is 12.1. The summed E-state index contributed by atoms with van der Waals surface area (Å²) in [6.45, 7) is 6.72. The highest BCUT2D eigenvalue weighted by atomic mass is 35.5. The normalized spacial score (nSPS) is 10.7. The van der Waals surface area contributed by atoms with Crippen LogP contribution in [0.4, 0.5) is 0 Å². The molecule has 0 atom stereocenters. The second-order valence-electron chi connectivity index (χ2n) is 4.65. The Kier molecular flexibility index (Phi) is 6.96. The number of benzene rings is 1. The van der Waals surface area contributed by atoms with Crippen LogP contribution >= 0.6 is 11.6 Å². The molecule has 5 heteroatoms. The molecule has 0 fully saturated rings. The first kappa shape index (κ1) is 17.2. The van der Waals surface area contributed by atoms with Crippen molar-refractivity contribution in [1.29, 1.82) is 0 Å². The molecule has 114 valence electrons. The molecule has 0 saturated heterocycles. The highest BCUT2D eigenvalue weighted by molar-refractivity contribution is 6.31. The molecule has 0 unspecified atom stereocenters. The van der Waals surface area contributed by atoms with Gasteiger partial charge in [-0.3, -0.25) is 9.59 Å². The molecule has 1 rings (SSSR count). The molecule has 0 aromatic heterocycles. The van der Waals surface area contributed by atoms with Gasteiger partial charge in [0.05, 0.1) is 6.54 Å². The maximum absolute atomic E-state index is 12.1. The van der Waals surface area contributed by atoms with Crippen LogP contribution in [0.5, 0.6) is 0 Å². The molecule has 0 spiro atoms. The third-order valence-electron chi connectivity index (χ3n) is 3.02. The highest BCUT2D eigenvalue weighted by Gasteiger charge is 2.12. The molecule has 2 amide bonds. The van der Waals surface area contributed by atoms with Crippen LogP contribution in [0.2, 0.25) is 5.02 Å². The second-order valence-corrected chi connectivity index (χ2v) is 5.06. The van der Waals surface area contributed by atoms with Crippen LogP contribution in [0.15, 0.2) is 24.3 Å². The zero-order valence-corrected chi connectivity index (χ0v) is 13.4. The standard InChI is InChI=1S/C16H21ClN2O2/c1-4-18-15(20)11-19(5-2)16(21)9-8-13-7-6-12(3)14(17)10-13/h6-10H,4-5,11H2,1-3H3,(H,18,20)/b9-8+. The number of amides is 2. The van der Waals surface area contributed by atoms with E-state index in [1.54, 1.807) is 12.1 Å². The minimum atomic E-state index is -0.194. The van der Waals surface area contributed by atoms with Gasteiger partial charge < -0.3 is 10.2 Å². The van der Waals surface area contributed by atoms with Crippen molar-refractivity contribution in [3.8, 4) is 0 Å². The van der Waals surface area contributed by atoms with Gasteiger partial charge in [0.1, 0.15) is 0 Å². The Hall–Kier alpha value is -1.81. The predicted octanol–water partition coefficient (Wildman–Crippen LogP) is 2.65. The van der Waals surface area contributed by atoms with E-state index in [1.807, 2.05) is 32.9 Å². The molecule has 0 radical (unpaired) electrons. The summed E-state index contributed by atoms with van der Waals surface area (Å²) in [5.41, 5.74) is 1.85. The van der Waals surface area contributed by atoms with Gasteiger partial charge in [-0.15, -0.1) is 0 Å². The monoisotopic (exact) mass is 308 g/mol.